The van der Waals surface area contributed by atoms with Crippen LogP contribution in [0.4, 0.5) is 0 Å². The molecule has 1 amide bonds. The molecule has 0 radical (unpaired) electrons. The molecule has 0 spiro atoms. The van der Waals surface area contributed by atoms with Gasteiger partial charge in [0, 0.05) is 17.0 Å². The third kappa shape index (κ3) is 3.32. The zero-order valence-corrected chi connectivity index (χ0v) is 16.2. The second-order valence-electron chi connectivity index (χ2n) is 7.00. The molecular weight excluding hydrogens is 384 g/mol. The monoisotopic (exact) mass is 400 g/mol. The summed E-state index contributed by atoms with van der Waals surface area (Å²) in [5.41, 5.74) is 2.37. The fraction of sp³-hybridized carbons (Fsp3) is 0.0833. The number of rotatable bonds is 3. The van der Waals surface area contributed by atoms with E-state index in [-0.39, 0.29) is 11.9 Å². The van der Waals surface area contributed by atoms with E-state index in [4.69, 9.17) is 16.0 Å². The van der Waals surface area contributed by atoms with Gasteiger partial charge in [0.05, 0.1) is 12.0 Å². The SMILES string of the molecule is O=C(c1ccc2ccccc2c1)N1N=C(c2ccc(Cl)cc2)CC1c1ccco1. The van der Waals surface area contributed by atoms with Gasteiger partial charge in [0.2, 0.25) is 0 Å². The van der Waals surface area contributed by atoms with Crippen molar-refractivity contribution in [1.29, 1.82) is 0 Å². The van der Waals surface area contributed by atoms with E-state index in [9.17, 15) is 4.79 Å². The van der Waals surface area contributed by atoms with Crippen LogP contribution in [0.15, 0.2) is 94.6 Å². The van der Waals surface area contributed by atoms with Crippen LogP contribution >= 0.6 is 11.6 Å². The Hall–Kier alpha value is -3.37. The van der Waals surface area contributed by atoms with E-state index in [0.29, 0.717) is 22.8 Å². The molecule has 2 heterocycles. The van der Waals surface area contributed by atoms with Gasteiger partial charge in [-0.15, -0.1) is 0 Å². The van der Waals surface area contributed by atoms with Gasteiger partial charge in [-0.05, 0) is 52.7 Å². The fourth-order valence-corrected chi connectivity index (χ4v) is 3.80. The number of hydrazone groups is 1. The molecule has 4 aromatic rings. The minimum atomic E-state index is -0.283. The maximum atomic E-state index is 13.4. The first-order valence-electron chi connectivity index (χ1n) is 9.38. The van der Waals surface area contributed by atoms with Crippen molar-refractivity contribution in [1.82, 2.24) is 5.01 Å². The molecule has 1 atom stereocenters. The molecule has 0 saturated carbocycles. The summed E-state index contributed by atoms with van der Waals surface area (Å²) in [7, 11) is 0. The first-order chi connectivity index (χ1) is 14.2. The van der Waals surface area contributed by atoms with Gasteiger partial charge in [-0.2, -0.15) is 5.10 Å². The van der Waals surface area contributed by atoms with E-state index in [1.165, 1.54) is 5.01 Å². The van der Waals surface area contributed by atoms with Crippen molar-refractivity contribution in [3.63, 3.8) is 0 Å². The van der Waals surface area contributed by atoms with Gasteiger partial charge < -0.3 is 4.42 Å². The van der Waals surface area contributed by atoms with Gasteiger partial charge >= 0.3 is 0 Å². The summed E-state index contributed by atoms with van der Waals surface area (Å²) in [6, 6.07) is 24.6. The molecule has 1 aliphatic heterocycles. The van der Waals surface area contributed by atoms with E-state index in [0.717, 1.165) is 22.0 Å². The average Bonchev–Trinajstić information content (AvgIpc) is 3.43. The number of carbonyl (C=O) groups is 1. The maximum absolute atomic E-state index is 13.4. The Morgan fingerprint density at radius 3 is 2.52 bits per heavy atom. The number of nitrogens with zero attached hydrogens (tertiary/aromatic N) is 2. The van der Waals surface area contributed by atoms with Crippen LogP contribution in [0.25, 0.3) is 10.8 Å². The number of hydrogen-bond donors (Lipinski definition) is 0. The van der Waals surface area contributed by atoms with Gasteiger partial charge in [-0.1, -0.05) is 54.1 Å². The summed E-state index contributed by atoms with van der Waals surface area (Å²) >= 11 is 6.02. The van der Waals surface area contributed by atoms with E-state index in [1.54, 1.807) is 6.26 Å². The summed E-state index contributed by atoms with van der Waals surface area (Å²) in [4.78, 5) is 13.4. The van der Waals surface area contributed by atoms with Crippen LogP contribution in [0.5, 0.6) is 0 Å². The van der Waals surface area contributed by atoms with Gasteiger partial charge in [-0.25, -0.2) is 5.01 Å². The Morgan fingerprint density at radius 1 is 0.966 bits per heavy atom. The molecule has 1 aromatic heterocycles. The van der Waals surface area contributed by atoms with Crippen molar-refractivity contribution in [2.24, 2.45) is 5.10 Å². The number of halogens is 1. The number of hydrogen-bond acceptors (Lipinski definition) is 3. The molecule has 1 aliphatic rings. The number of amides is 1. The van der Waals surface area contributed by atoms with Crippen molar-refractivity contribution in [2.75, 3.05) is 0 Å². The highest BCUT2D eigenvalue weighted by atomic mass is 35.5. The molecule has 5 rings (SSSR count). The van der Waals surface area contributed by atoms with Crippen LogP contribution in [-0.2, 0) is 0 Å². The highest BCUT2D eigenvalue weighted by molar-refractivity contribution is 6.30. The lowest BCUT2D eigenvalue weighted by atomic mass is 10.0. The highest BCUT2D eigenvalue weighted by Crippen LogP contribution is 2.34. The van der Waals surface area contributed by atoms with Crippen LogP contribution in [0, 0.1) is 0 Å². The first-order valence-corrected chi connectivity index (χ1v) is 9.76. The Labute approximate surface area is 173 Å². The number of furan rings is 1. The van der Waals surface area contributed by atoms with E-state index >= 15 is 0 Å². The normalized spacial score (nSPS) is 16.2. The lowest BCUT2D eigenvalue weighted by Gasteiger charge is -2.20. The Bertz CT molecular complexity index is 1210. The van der Waals surface area contributed by atoms with Crippen LogP contribution in [0.1, 0.15) is 34.1 Å². The third-order valence-corrected chi connectivity index (χ3v) is 5.42. The first kappa shape index (κ1) is 17.7. The molecule has 0 fully saturated rings. The van der Waals surface area contributed by atoms with Gasteiger partial charge in [0.1, 0.15) is 11.8 Å². The molecule has 1 unspecified atom stereocenters. The number of carbonyl (C=O) groups excluding carboxylic acids is 1. The Morgan fingerprint density at radius 2 is 1.76 bits per heavy atom. The van der Waals surface area contributed by atoms with Crippen molar-refractivity contribution < 1.29 is 9.21 Å². The zero-order chi connectivity index (χ0) is 19.8. The van der Waals surface area contributed by atoms with Gasteiger partial charge in [0.25, 0.3) is 5.91 Å². The summed E-state index contributed by atoms with van der Waals surface area (Å²) in [6.45, 7) is 0. The molecule has 0 bridgehead atoms. The van der Waals surface area contributed by atoms with Gasteiger partial charge in [-0.3, -0.25) is 4.79 Å². The van der Waals surface area contributed by atoms with Crippen molar-refractivity contribution in [3.05, 3.63) is 107 Å². The predicted octanol–water partition coefficient (Wildman–Crippen LogP) is 6.08. The van der Waals surface area contributed by atoms with Crippen LogP contribution in [0.2, 0.25) is 5.02 Å². The molecule has 4 nitrogen and oxygen atoms in total. The summed E-state index contributed by atoms with van der Waals surface area (Å²) in [5.74, 6) is 0.563. The summed E-state index contributed by atoms with van der Waals surface area (Å²) < 4.78 is 5.62. The lowest BCUT2D eigenvalue weighted by Crippen LogP contribution is -2.26. The highest BCUT2D eigenvalue weighted by Gasteiger charge is 2.35. The topological polar surface area (TPSA) is 45.8 Å². The molecule has 29 heavy (non-hydrogen) atoms. The quantitative estimate of drug-likeness (QED) is 0.418. The number of benzene rings is 3. The third-order valence-electron chi connectivity index (χ3n) is 5.16. The smallest absolute Gasteiger partial charge is 0.274 e. The molecule has 3 aromatic carbocycles. The average molecular weight is 401 g/mol. The second kappa shape index (κ2) is 7.22. The molecular formula is C24H17ClN2O2. The molecule has 5 heteroatoms. The molecule has 0 aliphatic carbocycles. The minimum absolute atomic E-state index is 0.152. The van der Waals surface area contributed by atoms with E-state index in [2.05, 4.69) is 5.10 Å². The van der Waals surface area contributed by atoms with Crippen LogP contribution in [-0.4, -0.2) is 16.6 Å². The standard InChI is InChI=1S/C24H17ClN2O2/c25-20-11-9-17(10-12-20)21-15-22(23-6-3-13-29-23)27(26-21)24(28)19-8-7-16-4-1-2-5-18(16)14-19/h1-14,22H,15H2. The Balaban J connectivity index is 1.54. The minimum Gasteiger partial charge on any atom is -0.467 e. The molecule has 0 saturated heterocycles. The summed E-state index contributed by atoms with van der Waals surface area (Å²) in [5, 5.41) is 9.00. The van der Waals surface area contributed by atoms with E-state index in [1.807, 2.05) is 78.9 Å². The van der Waals surface area contributed by atoms with Gasteiger partial charge in [0.15, 0.2) is 0 Å². The van der Waals surface area contributed by atoms with Crippen molar-refractivity contribution in [2.45, 2.75) is 12.5 Å². The number of fused-ring (bicyclic) bond motifs is 1. The molecule has 142 valence electrons. The molecule has 0 N–H and O–H groups in total. The van der Waals surface area contributed by atoms with Crippen molar-refractivity contribution >= 4 is 34.0 Å². The zero-order valence-electron chi connectivity index (χ0n) is 15.5. The maximum Gasteiger partial charge on any atom is 0.274 e. The van der Waals surface area contributed by atoms with E-state index < -0.39 is 0 Å². The predicted molar refractivity (Wildman–Crippen MR) is 114 cm³/mol. The fourth-order valence-electron chi connectivity index (χ4n) is 3.67. The second-order valence-corrected chi connectivity index (χ2v) is 7.44. The summed E-state index contributed by atoms with van der Waals surface area (Å²) in [6.07, 6.45) is 2.20. The van der Waals surface area contributed by atoms with Crippen molar-refractivity contribution in [3.8, 4) is 0 Å². The van der Waals surface area contributed by atoms with Crippen LogP contribution < -0.4 is 0 Å². The lowest BCUT2D eigenvalue weighted by molar-refractivity contribution is 0.0693. The Kier molecular flexibility index (Phi) is 4.41. The van der Waals surface area contributed by atoms with Crippen LogP contribution in [0.3, 0.4) is 0 Å². The largest absolute Gasteiger partial charge is 0.467 e.